The molecule has 2 N–H and O–H groups in total. The molecule has 0 spiro atoms. The number of carbonyl (C=O) groups is 1. The molecule has 0 saturated heterocycles. The van der Waals surface area contributed by atoms with Crippen LogP contribution in [-0.2, 0) is 4.79 Å². The molecule has 7 heteroatoms. The average molecular weight is 289 g/mol. The van der Waals surface area contributed by atoms with Crippen LogP contribution in [0, 0.1) is 11.8 Å². The van der Waals surface area contributed by atoms with Gasteiger partial charge in [-0.25, -0.2) is 0 Å². The van der Waals surface area contributed by atoms with Crippen molar-refractivity contribution in [3.8, 4) is 17.6 Å². The predicted molar refractivity (Wildman–Crippen MR) is 67.6 cm³/mol. The van der Waals surface area contributed by atoms with Gasteiger partial charge in [0.05, 0.1) is 11.4 Å². The van der Waals surface area contributed by atoms with E-state index in [1.807, 2.05) is 0 Å². The van der Waals surface area contributed by atoms with Crippen molar-refractivity contribution in [3.63, 3.8) is 0 Å². The minimum Gasteiger partial charge on any atom is -0.404 e. The van der Waals surface area contributed by atoms with Crippen LogP contribution in [0.3, 0.4) is 0 Å². The van der Waals surface area contributed by atoms with Gasteiger partial charge in [-0.05, 0) is 18.2 Å². The first-order chi connectivity index (χ1) is 8.78. The lowest BCUT2D eigenvalue weighted by molar-refractivity contribution is -0.274. The number of halogens is 3. The molecule has 0 heterocycles. The highest BCUT2D eigenvalue weighted by atomic mass is 32.2. The second-order valence-electron chi connectivity index (χ2n) is 3.38. The Hall–Kier alpha value is -1.81. The van der Waals surface area contributed by atoms with Crippen LogP contribution in [0.2, 0.25) is 0 Å². The van der Waals surface area contributed by atoms with Crippen molar-refractivity contribution in [3.05, 3.63) is 23.8 Å². The van der Waals surface area contributed by atoms with Gasteiger partial charge in [-0.2, -0.15) is 0 Å². The third-order valence-corrected chi connectivity index (χ3v) is 2.51. The first-order valence-corrected chi connectivity index (χ1v) is 6.04. The van der Waals surface area contributed by atoms with Gasteiger partial charge in [0.1, 0.15) is 0 Å². The summed E-state index contributed by atoms with van der Waals surface area (Å²) in [6.07, 6.45) is -4.78. The maximum atomic E-state index is 12.0. The van der Waals surface area contributed by atoms with Gasteiger partial charge in [0.25, 0.3) is 0 Å². The average Bonchev–Trinajstić information content (AvgIpc) is 2.26. The molecule has 0 aliphatic rings. The van der Waals surface area contributed by atoms with Gasteiger partial charge in [-0.3, -0.25) is 4.79 Å². The number of hydrogen-bond donors (Lipinski definition) is 1. The first kappa shape index (κ1) is 15.2. The molecule has 1 aromatic carbocycles. The molecule has 0 radical (unpaired) electrons. The Balaban J connectivity index is 2.74. The van der Waals surface area contributed by atoms with Crippen molar-refractivity contribution in [1.29, 1.82) is 0 Å². The van der Waals surface area contributed by atoms with E-state index in [0.717, 1.165) is 17.8 Å². The predicted octanol–water partition coefficient (Wildman–Crippen LogP) is 2.80. The van der Waals surface area contributed by atoms with E-state index in [9.17, 15) is 18.0 Å². The molecule has 19 heavy (non-hydrogen) atoms. The fourth-order valence-electron chi connectivity index (χ4n) is 1.12. The van der Waals surface area contributed by atoms with Crippen molar-refractivity contribution in [2.24, 2.45) is 0 Å². The van der Waals surface area contributed by atoms with Gasteiger partial charge in [-0.1, -0.05) is 23.6 Å². The van der Waals surface area contributed by atoms with Gasteiger partial charge in [0.15, 0.2) is 10.9 Å². The Labute approximate surface area is 112 Å². The highest BCUT2D eigenvalue weighted by molar-refractivity contribution is 8.13. The van der Waals surface area contributed by atoms with E-state index in [1.54, 1.807) is 0 Å². The van der Waals surface area contributed by atoms with Crippen molar-refractivity contribution in [2.75, 3.05) is 11.5 Å². The maximum Gasteiger partial charge on any atom is 0.573 e. The summed E-state index contributed by atoms with van der Waals surface area (Å²) >= 11 is 1.05. The molecule has 0 unspecified atom stereocenters. The minimum atomic E-state index is -4.78. The summed E-state index contributed by atoms with van der Waals surface area (Å²) in [5.74, 6) is 5.25. The molecular formula is C12H10F3NO2S. The van der Waals surface area contributed by atoms with Gasteiger partial charge in [0.2, 0.25) is 0 Å². The van der Waals surface area contributed by atoms with Crippen LogP contribution >= 0.6 is 11.8 Å². The zero-order chi connectivity index (χ0) is 14.5. The number of rotatable bonds is 2. The maximum absolute atomic E-state index is 12.0. The molecular weight excluding hydrogens is 279 g/mol. The highest BCUT2D eigenvalue weighted by Gasteiger charge is 2.31. The Morgan fingerprint density at radius 1 is 1.47 bits per heavy atom. The SMILES string of the molecule is CC(=O)SCC#Cc1ccc(OC(F)(F)F)c(N)c1. The molecule has 0 aliphatic heterocycles. The number of benzene rings is 1. The number of thioether (sulfide) groups is 1. The lowest BCUT2D eigenvalue weighted by atomic mass is 10.2. The van der Waals surface area contributed by atoms with E-state index in [0.29, 0.717) is 11.3 Å². The molecule has 0 bridgehead atoms. The number of anilines is 1. The normalized spacial score (nSPS) is 10.5. The Bertz CT molecular complexity index is 532. The number of hydrogen-bond acceptors (Lipinski definition) is 4. The summed E-state index contributed by atoms with van der Waals surface area (Å²) in [7, 11) is 0. The molecule has 102 valence electrons. The zero-order valence-corrected chi connectivity index (χ0v) is 10.7. The van der Waals surface area contributed by atoms with E-state index in [4.69, 9.17) is 5.73 Å². The van der Waals surface area contributed by atoms with Gasteiger partial charge < -0.3 is 10.5 Å². The van der Waals surface area contributed by atoms with Crippen LogP contribution in [0.5, 0.6) is 5.75 Å². The standard InChI is InChI=1S/C12H10F3NO2S/c1-8(17)19-6-2-3-9-4-5-11(10(16)7-9)18-12(13,14)15/h4-5,7H,6,16H2,1H3. The lowest BCUT2D eigenvalue weighted by Crippen LogP contribution is -2.18. The van der Waals surface area contributed by atoms with Crippen LogP contribution in [0.15, 0.2) is 18.2 Å². The van der Waals surface area contributed by atoms with E-state index < -0.39 is 12.1 Å². The Kier molecular flexibility index (Phi) is 5.12. The fourth-order valence-corrected chi connectivity index (χ4v) is 1.47. The molecule has 1 rings (SSSR count). The van der Waals surface area contributed by atoms with Crippen LogP contribution in [0.1, 0.15) is 12.5 Å². The molecule has 1 aromatic rings. The number of nitrogen functional groups attached to an aromatic ring is 1. The van der Waals surface area contributed by atoms with Crippen molar-refractivity contribution >= 4 is 22.6 Å². The quantitative estimate of drug-likeness (QED) is 0.672. The van der Waals surface area contributed by atoms with Crippen LogP contribution < -0.4 is 10.5 Å². The summed E-state index contributed by atoms with van der Waals surface area (Å²) in [4.78, 5) is 10.6. The number of alkyl halides is 3. The molecule has 0 aliphatic carbocycles. The number of nitrogens with two attached hydrogens (primary N) is 1. The molecule has 3 nitrogen and oxygen atoms in total. The monoisotopic (exact) mass is 289 g/mol. The Morgan fingerprint density at radius 2 is 2.16 bits per heavy atom. The lowest BCUT2D eigenvalue weighted by Gasteiger charge is -2.10. The third-order valence-electron chi connectivity index (χ3n) is 1.82. The first-order valence-electron chi connectivity index (χ1n) is 5.05. The van der Waals surface area contributed by atoms with Crippen molar-refractivity contribution in [1.82, 2.24) is 0 Å². The van der Waals surface area contributed by atoms with Gasteiger partial charge in [-0.15, -0.1) is 13.2 Å². The van der Waals surface area contributed by atoms with Crippen LogP contribution in [0.25, 0.3) is 0 Å². The summed E-state index contributed by atoms with van der Waals surface area (Å²) in [5, 5.41) is -0.0530. The molecule has 0 aromatic heterocycles. The second kappa shape index (κ2) is 6.38. The Morgan fingerprint density at radius 3 is 2.68 bits per heavy atom. The summed E-state index contributed by atoms with van der Waals surface area (Å²) < 4.78 is 39.7. The summed E-state index contributed by atoms with van der Waals surface area (Å²) in [5.41, 5.74) is 5.73. The third kappa shape index (κ3) is 6.06. The van der Waals surface area contributed by atoms with E-state index in [1.165, 1.54) is 19.1 Å². The molecule has 0 saturated carbocycles. The largest absolute Gasteiger partial charge is 0.573 e. The number of ether oxygens (including phenoxy) is 1. The van der Waals surface area contributed by atoms with Crippen molar-refractivity contribution < 1.29 is 22.7 Å². The minimum absolute atomic E-state index is 0.0530. The highest BCUT2D eigenvalue weighted by Crippen LogP contribution is 2.28. The smallest absolute Gasteiger partial charge is 0.404 e. The van der Waals surface area contributed by atoms with Crippen molar-refractivity contribution in [2.45, 2.75) is 13.3 Å². The van der Waals surface area contributed by atoms with Gasteiger partial charge in [0, 0.05) is 12.5 Å². The van der Waals surface area contributed by atoms with E-state index >= 15 is 0 Å². The van der Waals surface area contributed by atoms with Gasteiger partial charge >= 0.3 is 6.36 Å². The zero-order valence-electron chi connectivity index (χ0n) is 9.88. The fraction of sp³-hybridized carbons (Fsp3) is 0.250. The second-order valence-corrected chi connectivity index (χ2v) is 4.53. The number of carbonyl (C=O) groups excluding carboxylic acids is 1. The van der Waals surface area contributed by atoms with E-state index in [-0.39, 0.29) is 10.8 Å². The molecule has 0 fully saturated rings. The van der Waals surface area contributed by atoms with Crippen LogP contribution in [0.4, 0.5) is 18.9 Å². The summed E-state index contributed by atoms with van der Waals surface area (Å²) in [6.45, 7) is 1.42. The summed E-state index contributed by atoms with van der Waals surface area (Å²) in [6, 6.07) is 3.75. The van der Waals surface area contributed by atoms with Crippen LogP contribution in [-0.4, -0.2) is 17.2 Å². The molecule has 0 atom stereocenters. The topological polar surface area (TPSA) is 52.3 Å². The van der Waals surface area contributed by atoms with E-state index in [2.05, 4.69) is 16.6 Å². The molecule has 0 amide bonds.